The average Bonchev–Trinajstić information content (AvgIpc) is 2.75. The van der Waals surface area contributed by atoms with Crippen LogP contribution in [0.5, 0.6) is 0 Å². The van der Waals surface area contributed by atoms with Crippen LogP contribution in [0.2, 0.25) is 5.02 Å². The molecule has 0 radical (unpaired) electrons. The molecule has 0 saturated heterocycles. The van der Waals surface area contributed by atoms with Gasteiger partial charge in [-0.05, 0) is 48.9 Å². The van der Waals surface area contributed by atoms with Crippen molar-refractivity contribution in [1.82, 2.24) is 4.98 Å². The lowest BCUT2D eigenvalue weighted by molar-refractivity contribution is -0.114. The molecule has 0 aliphatic carbocycles. The molecule has 0 atom stereocenters. The van der Waals surface area contributed by atoms with E-state index in [9.17, 15) is 9.59 Å². The summed E-state index contributed by atoms with van der Waals surface area (Å²) in [5.74, 6) is -0.374. The Morgan fingerprint density at radius 2 is 1.58 bits per heavy atom. The molecule has 0 fully saturated rings. The normalized spacial score (nSPS) is 10.7. The van der Waals surface area contributed by atoms with E-state index in [1.807, 2.05) is 67.6 Å². The van der Waals surface area contributed by atoms with Gasteiger partial charge in [-0.25, -0.2) is 4.98 Å². The number of rotatable bonds is 4. The molecule has 3 aromatic carbocycles. The summed E-state index contributed by atoms with van der Waals surface area (Å²) in [4.78, 5) is 29.1. The molecule has 0 saturated carbocycles. The highest BCUT2D eigenvalue weighted by Crippen LogP contribution is 2.27. The van der Waals surface area contributed by atoms with Crippen LogP contribution in [0.1, 0.15) is 22.8 Å². The number of fused-ring (bicyclic) bond motifs is 1. The predicted molar refractivity (Wildman–Crippen MR) is 126 cm³/mol. The maximum atomic E-state index is 13.2. The van der Waals surface area contributed by atoms with E-state index in [0.29, 0.717) is 27.7 Å². The van der Waals surface area contributed by atoms with Gasteiger partial charge in [-0.15, -0.1) is 0 Å². The van der Waals surface area contributed by atoms with E-state index >= 15 is 0 Å². The molecular formula is C25H20ClN3O2. The second kappa shape index (κ2) is 8.58. The predicted octanol–water partition coefficient (Wildman–Crippen LogP) is 6.07. The van der Waals surface area contributed by atoms with Crippen molar-refractivity contribution < 1.29 is 9.59 Å². The van der Waals surface area contributed by atoms with Gasteiger partial charge in [0.1, 0.15) is 0 Å². The smallest absolute Gasteiger partial charge is 0.256 e. The minimum atomic E-state index is -0.241. The highest BCUT2D eigenvalue weighted by molar-refractivity contribution is 6.31. The Morgan fingerprint density at radius 3 is 2.29 bits per heavy atom. The third-order valence-electron chi connectivity index (χ3n) is 4.89. The van der Waals surface area contributed by atoms with Crippen molar-refractivity contribution in [3.05, 3.63) is 88.9 Å². The lowest BCUT2D eigenvalue weighted by Crippen LogP contribution is -2.13. The molecule has 154 valence electrons. The third kappa shape index (κ3) is 4.57. The number of carbonyl (C=O) groups is 2. The fourth-order valence-corrected chi connectivity index (χ4v) is 3.49. The van der Waals surface area contributed by atoms with E-state index in [4.69, 9.17) is 16.6 Å². The Balaban J connectivity index is 1.73. The number of amides is 2. The molecule has 0 unspecified atom stereocenters. The second-order valence-electron chi connectivity index (χ2n) is 7.25. The number of benzene rings is 3. The molecule has 5 nitrogen and oxygen atoms in total. The van der Waals surface area contributed by atoms with Gasteiger partial charge in [-0.3, -0.25) is 9.59 Å². The zero-order valence-electron chi connectivity index (χ0n) is 17.1. The number of nitrogens with zero attached hydrogens (tertiary/aromatic N) is 1. The highest BCUT2D eigenvalue weighted by atomic mass is 35.5. The molecule has 4 rings (SSSR count). The van der Waals surface area contributed by atoms with E-state index in [1.54, 1.807) is 12.1 Å². The fourth-order valence-electron chi connectivity index (χ4n) is 3.31. The molecule has 0 bridgehead atoms. The van der Waals surface area contributed by atoms with Crippen LogP contribution < -0.4 is 10.6 Å². The Labute approximate surface area is 185 Å². The number of hydrogen-bond donors (Lipinski definition) is 2. The van der Waals surface area contributed by atoms with Gasteiger partial charge in [0, 0.05) is 34.3 Å². The molecule has 1 heterocycles. The summed E-state index contributed by atoms with van der Waals surface area (Å²) in [6, 6.07) is 22.1. The number of para-hydroxylation sites is 1. The minimum Gasteiger partial charge on any atom is -0.326 e. The lowest BCUT2D eigenvalue weighted by atomic mass is 10.0. The zero-order valence-corrected chi connectivity index (χ0v) is 17.8. The molecule has 6 heteroatoms. The minimum absolute atomic E-state index is 0.133. The van der Waals surface area contributed by atoms with Crippen molar-refractivity contribution >= 4 is 45.7 Å². The maximum absolute atomic E-state index is 13.2. The molecule has 31 heavy (non-hydrogen) atoms. The van der Waals surface area contributed by atoms with Crippen molar-refractivity contribution in [2.45, 2.75) is 13.8 Å². The van der Waals surface area contributed by atoms with Crippen LogP contribution in [0, 0.1) is 6.92 Å². The van der Waals surface area contributed by atoms with Crippen molar-refractivity contribution in [2.24, 2.45) is 0 Å². The second-order valence-corrected chi connectivity index (χ2v) is 7.66. The van der Waals surface area contributed by atoms with Gasteiger partial charge in [0.05, 0.1) is 16.8 Å². The number of carbonyl (C=O) groups excluding carboxylic acids is 2. The van der Waals surface area contributed by atoms with E-state index in [1.165, 1.54) is 6.92 Å². The Bertz CT molecular complexity index is 1300. The first-order chi connectivity index (χ1) is 14.9. The number of hydrogen-bond acceptors (Lipinski definition) is 3. The van der Waals surface area contributed by atoms with Gasteiger partial charge in [0.2, 0.25) is 5.91 Å². The van der Waals surface area contributed by atoms with E-state index in [0.717, 1.165) is 22.0 Å². The Hall–Kier alpha value is -3.70. The number of nitrogens with one attached hydrogen (secondary N) is 2. The number of aryl methyl sites for hydroxylation is 1. The third-order valence-corrected chi connectivity index (χ3v) is 5.30. The summed E-state index contributed by atoms with van der Waals surface area (Å²) in [5.41, 5.74) is 5.02. The number of anilines is 2. The first-order valence-electron chi connectivity index (χ1n) is 9.76. The van der Waals surface area contributed by atoms with Crippen molar-refractivity contribution in [1.29, 1.82) is 0 Å². The molecule has 2 amide bonds. The van der Waals surface area contributed by atoms with Crippen LogP contribution in [0.15, 0.2) is 72.8 Å². The molecule has 0 aliphatic rings. The molecule has 1 aromatic heterocycles. The zero-order chi connectivity index (χ0) is 22.0. The maximum Gasteiger partial charge on any atom is 0.256 e. The standard InChI is InChI=1S/C25H20ClN3O2/c1-15-7-10-19(13-22(15)26)28-25(31)21-14-24(29-23-6-4-3-5-20(21)23)17-8-11-18(12-9-17)27-16(2)30/h3-14H,1-2H3,(H,27,30)(H,28,31). The highest BCUT2D eigenvalue weighted by Gasteiger charge is 2.15. The fraction of sp³-hybridized carbons (Fsp3) is 0.0800. The van der Waals surface area contributed by atoms with Crippen molar-refractivity contribution in [3.8, 4) is 11.3 Å². The summed E-state index contributed by atoms with van der Waals surface area (Å²) in [6.07, 6.45) is 0. The van der Waals surface area contributed by atoms with Gasteiger partial charge in [-0.2, -0.15) is 0 Å². The van der Waals surface area contributed by atoms with Crippen LogP contribution in [-0.2, 0) is 4.79 Å². The molecular weight excluding hydrogens is 410 g/mol. The van der Waals surface area contributed by atoms with Crippen LogP contribution in [-0.4, -0.2) is 16.8 Å². The summed E-state index contributed by atoms with van der Waals surface area (Å²) in [7, 11) is 0. The first-order valence-corrected chi connectivity index (χ1v) is 10.1. The molecule has 0 aliphatic heterocycles. The van der Waals surface area contributed by atoms with Crippen LogP contribution in [0.4, 0.5) is 11.4 Å². The van der Waals surface area contributed by atoms with Crippen molar-refractivity contribution in [3.63, 3.8) is 0 Å². The number of aromatic nitrogens is 1. The monoisotopic (exact) mass is 429 g/mol. The van der Waals surface area contributed by atoms with E-state index in [2.05, 4.69) is 10.6 Å². The number of pyridine rings is 1. The van der Waals surface area contributed by atoms with E-state index in [-0.39, 0.29) is 11.8 Å². The summed E-state index contributed by atoms with van der Waals surface area (Å²) < 4.78 is 0. The van der Waals surface area contributed by atoms with Crippen LogP contribution in [0.25, 0.3) is 22.2 Å². The topological polar surface area (TPSA) is 71.1 Å². The lowest BCUT2D eigenvalue weighted by Gasteiger charge is -2.12. The Kier molecular flexibility index (Phi) is 5.69. The molecule has 2 N–H and O–H groups in total. The Morgan fingerprint density at radius 1 is 0.871 bits per heavy atom. The summed E-state index contributed by atoms with van der Waals surface area (Å²) >= 11 is 6.20. The van der Waals surface area contributed by atoms with E-state index < -0.39 is 0 Å². The average molecular weight is 430 g/mol. The van der Waals surface area contributed by atoms with Crippen molar-refractivity contribution in [2.75, 3.05) is 10.6 Å². The molecule has 4 aromatic rings. The van der Waals surface area contributed by atoms with Gasteiger partial charge < -0.3 is 10.6 Å². The van der Waals surface area contributed by atoms with Crippen LogP contribution >= 0.6 is 11.6 Å². The SMILES string of the molecule is CC(=O)Nc1ccc(-c2cc(C(=O)Nc3ccc(C)c(Cl)c3)c3ccccc3n2)cc1. The van der Waals surface area contributed by atoms with Crippen LogP contribution in [0.3, 0.4) is 0 Å². The summed E-state index contributed by atoms with van der Waals surface area (Å²) in [6.45, 7) is 3.37. The molecule has 0 spiro atoms. The largest absolute Gasteiger partial charge is 0.326 e. The van der Waals surface area contributed by atoms with Gasteiger partial charge in [0.25, 0.3) is 5.91 Å². The van der Waals surface area contributed by atoms with Gasteiger partial charge >= 0.3 is 0 Å². The van der Waals surface area contributed by atoms with Gasteiger partial charge in [0.15, 0.2) is 0 Å². The van der Waals surface area contributed by atoms with Gasteiger partial charge in [-0.1, -0.05) is 48.0 Å². The first kappa shape index (κ1) is 20.6. The summed E-state index contributed by atoms with van der Waals surface area (Å²) in [5, 5.41) is 7.03. The quantitative estimate of drug-likeness (QED) is 0.413. The number of halogens is 1.